The predicted octanol–water partition coefficient (Wildman–Crippen LogP) is 1.71. The second-order valence-corrected chi connectivity index (χ2v) is 4.75. The Bertz CT molecular complexity index is 582. The van der Waals surface area contributed by atoms with Crippen LogP contribution in [0.3, 0.4) is 0 Å². The second kappa shape index (κ2) is 4.38. The Hall–Kier alpha value is -1.95. The van der Waals surface area contributed by atoms with Gasteiger partial charge in [-0.05, 0) is 30.5 Å². The zero-order valence-corrected chi connectivity index (χ0v) is 10.5. The molecule has 2 heterocycles. The largest absolute Gasteiger partial charge is 0.398 e. The summed E-state index contributed by atoms with van der Waals surface area (Å²) in [7, 11) is 0. The van der Waals surface area contributed by atoms with E-state index in [0.29, 0.717) is 12.2 Å². The van der Waals surface area contributed by atoms with Gasteiger partial charge in [0.05, 0.1) is 17.9 Å². The molecule has 0 radical (unpaired) electrons. The summed E-state index contributed by atoms with van der Waals surface area (Å²) in [4.78, 5) is 14.1. The summed E-state index contributed by atoms with van der Waals surface area (Å²) >= 11 is 1.04. The zero-order chi connectivity index (χ0) is 12.5. The first-order valence-corrected chi connectivity index (χ1v) is 6.47. The molecule has 0 fully saturated rings. The number of nitrogens with two attached hydrogens (primary N) is 1. The van der Waals surface area contributed by atoms with Crippen LogP contribution < -0.4 is 10.6 Å². The van der Waals surface area contributed by atoms with E-state index in [1.165, 1.54) is 6.20 Å². The van der Waals surface area contributed by atoms with Crippen molar-refractivity contribution in [1.82, 2.24) is 8.75 Å². The maximum atomic E-state index is 12.3. The van der Waals surface area contributed by atoms with Gasteiger partial charge in [0.15, 0.2) is 5.69 Å². The third kappa shape index (κ3) is 1.74. The predicted molar refractivity (Wildman–Crippen MR) is 70.8 cm³/mol. The molecule has 1 aromatic heterocycles. The lowest BCUT2D eigenvalue weighted by atomic mass is 9.99. The minimum Gasteiger partial charge on any atom is -0.398 e. The number of nitrogen functional groups attached to an aromatic ring is 1. The molecular formula is C12H12N4OS. The van der Waals surface area contributed by atoms with E-state index in [2.05, 4.69) is 8.75 Å². The lowest BCUT2D eigenvalue weighted by Crippen LogP contribution is -2.35. The van der Waals surface area contributed by atoms with Crippen LogP contribution in [0, 0.1) is 0 Å². The molecule has 0 aliphatic carbocycles. The molecule has 1 aromatic carbocycles. The van der Waals surface area contributed by atoms with Crippen LogP contribution in [0.1, 0.15) is 22.5 Å². The maximum Gasteiger partial charge on any atom is 0.279 e. The Balaban J connectivity index is 2.02. The first-order valence-electron chi connectivity index (χ1n) is 5.74. The lowest BCUT2D eigenvalue weighted by molar-refractivity contribution is 0.0981. The van der Waals surface area contributed by atoms with Gasteiger partial charge in [-0.3, -0.25) is 4.79 Å². The number of fused-ring (bicyclic) bond motifs is 1. The fourth-order valence-electron chi connectivity index (χ4n) is 2.26. The van der Waals surface area contributed by atoms with Crippen LogP contribution in [0.4, 0.5) is 11.4 Å². The highest BCUT2D eigenvalue weighted by Gasteiger charge is 2.25. The van der Waals surface area contributed by atoms with E-state index in [1.807, 2.05) is 18.2 Å². The number of amides is 1. The van der Waals surface area contributed by atoms with E-state index >= 15 is 0 Å². The van der Waals surface area contributed by atoms with Crippen molar-refractivity contribution >= 4 is 29.0 Å². The average molecular weight is 260 g/mol. The van der Waals surface area contributed by atoms with Crippen molar-refractivity contribution in [2.24, 2.45) is 0 Å². The number of carbonyl (C=O) groups excluding carboxylic acids is 1. The highest BCUT2D eigenvalue weighted by atomic mass is 32.1. The molecule has 2 aromatic rings. The molecule has 0 unspecified atom stereocenters. The molecule has 1 aliphatic rings. The fraction of sp³-hybridized carbons (Fsp3) is 0.250. The Kier molecular flexibility index (Phi) is 2.71. The van der Waals surface area contributed by atoms with Gasteiger partial charge in [0.1, 0.15) is 0 Å². The summed E-state index contributed by atoms with van der Waals surface area (Å²) in [6.45, 7) is 0.701. The van der Waals surface area contributed by atoms with Gasteiger partial charge in [-0.25, -0.2) is 0 Å². The molecule has 18 heavy (non-hydrogen) atoms. The van der Waals surface area contributed by atoms with E-state index in [1.54, 1.807) is 4.90 Å². The minimum atomic E-state index is -0.102. The number of benzene rings is 1. The van der Waals surface area contributed by atoms with E-state index in [0.717, 1.165) is 41.5 Å². The minimum absolute atomic E-state index is 0.102. The normalized spacial score (nSPS) is 14.3. The van der Waals surface area contributed by atoms with Crippen LogP contribution in [0.5, 0.6) is 0 Å². The number of anilines is 2. The molecule has 92 valence electrons. The number of hydrogen-bond donors (Lipinski definition) is 1. The van der Waals surface area contributed by atoms with Gasteiger partial charge in [-0.2, -0.15) is 8.75 Å². The van der Waals surface area contributed by atoms with Crippen molar-refractivity contribution in [1.29, 1.82) is 0 Å². The van der Waals surface area contributed by atoms with Crippen LogP contribution in [-0.4, -0.2) is 21.2 Å². The van der Waals surface area contributed by atoms with Gasteiger partial charge in [-0.1, -0.05) is 6.07 Å². The Morgan fingerprint density at radius 2 is 2.33 bits per heavy atom. The molecule has 5 nitrogen and oxygen atoms in total. The van der Waals surface area contributed by atoms with Crippen molar-refractivity contribution < 1.29 is 4.79 Å². The van der Waals surface area contributed by atoms with Gasteiger partial charge < -0.3 is 10.6 Å². The second-order valence-electron chi connectivity index (χ2n) is 4.20. The van der Waals surface area contributed by atoms with E-state index in [4.69, 9.17) is 5.73 Å². The summed E-state index contributed by atoms with van der Waals surface area (Å²) in [5.41, 5.74) is 9.07. The molecule has 0 bridgehead atoms. The van der Waals surface area contributed by atoms with Crippen molar-refractivity contribution in [3.8, 4) is 0 Å². The molecule has 6 heteroatoms. The van der Waals surface area contributed by atoms with Crippen LogP contribution in [0.15, 0.2) is 24.4 Å². The molecule has 1 amide bonds. The van der Waals surface area contributed by atoms with E-state index in [-0.39, 0.29) is 5.91 Å². The molecule has 3 rings (SSSR count). The maximum absolute atomic E-state index is 12.3. The highest BCUT2D eigenvalue weighted by Crippen LogP contribution is 2.31. The summed E-state index contributed by atoms with van der Waals surface area (Å²) in [6, 6.07) is 5.68. The monoisotopic (exact) mass is 260 g/mol. The Morgan fingerprint density at radius 3 is 3.11 bits per heavy atom. The fourth-order valence-corrected chi connectivity index (χ4v) is 2.67. The van der Waals surface area contributed by atoms with Gasteiger partial charge >= 0.3 is 0 Å². The van der Waals surface area contributed by atoms with Crippen molar-refractivity contribution in [3.05, 3.63) is 35.7 Å². The van der Waals surface area contributed by atoms with Crippen LogP contribution in [0.25, 0.3) is 0 Å². The SMILES string of the molecule is Nc1cccc2c1CCCN2C(=O)c1cnsn1. The number of nitrogens with zero attached hydrogens (tertiary/aromatic N) is 3. The lowest BCUT2D eigenvalue weighted by Gasteiger charge is -2.29. The first kappa shape index (κ1) is 11.2. The Labute approximate surface area is 109 Å². The third-order valence-electron chi connectivity index (χ3n) is 3.11. The summed E-state index contributed by atoms with van der Waals surface area (Å²) in [5, 5.41) is 0. The molecular weight excluding hydrogens is 248 g/mol. The van der Waals surface area contributed by atoms with Crippen molar-refractivity contribution in [2.75, 3.05) is 17.2 Å². The number of aromatic nitrogens is 2. The third-order valence-corrected chi connectivity index (χ3v) is 3.59. The standard InChI is InChI=1S/C12H12N4OS/c13-9-4-1-5-11-8(9)3-2-6-16(11)12(17)10-7-14-18-15-10/h1,4-5,7H,2-3,6,13H2. The van der Waals surface area contributed by atoms with Gasteiger partial charge in [0, 0.05) is 17.9 Å². The van der Waals surface area contributed by atoms with E-state index in [9.17, 15) is 4.79 Å². The zero-order valence-electron chi connectivity index (χ0n) is 9.67. The Morgan fingerprint density at radius 1 is 1.44 bits per heavy atom. The summed E-state index contributed by atoms with van der Waals surface area (Å²) in [6.07, 6.45) is 3.35. The number of hydrogen-bond acceptors (Lipinski definition) is 5. The molecule has 0 saturated carbocycles. The van der Waals surface area contributed by atoms with Crippen LogP contribution in [-0.2, 0) is 6.42 Å². The molecule has 2 N–H and O–H groups in total. The first-order chi connectivity index (χ1) is 8.77. The molecule has 1 aliphatic heterocycles. The van der Waals surface area contributed by atoms with Crippen LogP contribution >= 0.6 is 11.7 Å². The molecule has 0 atom stereocenters. The summed E-state index contributed by atoms with van der Waals surface area (Å²) < 4.78 is 7.86. The topological polar surface area (TPSA) is 72.1 Å². The number of carbonyl (C=O) groups is 1. The van der Waals surface area contributed by atoms with Crippen molar-refractivity contribution in [2.45, 2.75) is 12.8 Å². The molecule has 0 saturated heterocycles. The molecule has 0 spiro atoms. The van der Waals surface area contributed by atoms with E-state index < -0.39 is 0 Å². The average Bonchev–Trinajstić information content (AvgIpc) is 2.92. The quantitative estimate of drug-likeness (QED) is 0.792. The van der Waals surface area contributed by atoms with Crippen molar-refractivity contribution in [3.63, 3.8) is 0 Å². The van der Waals surface area contributed by atoms with Gasteiger partial charge in [0.25, 0.3) is 5.91 Å². The number of rotatable bonds is 1. The summed E-state index contributed by atoms with van der Waals surface area (Å²) in [5.74, 6) is -0.102. The van der Waals surface area contributed by atoms with Gasteiger partial charge in [0.2, 0.25) is 0 Å². The highest BCUT2D eigenvalue weighted by molar-refractivity contribution is 6.99. The smallest absolute Gasteiger partial charge is 0.279 e. The van der Waals surface area contributed by atoms with Gasteiger partial charge in [-0.15, -0.1) is 0 Å². The van der Waals surface area contributed by atoms with Crippen LogP contribution in [0.2, 0.25) is 0 Å².